The van der Waals surface area contributed by atoms with Crippen LogP contribution < -0.4 is 5.56 Å². The predicted octanol–water partition coefficient (Wildman–Crippen LogP) is 4.00. The van der Waals surface area contributed by atoms with E-state index in [9.17, 15) is 4.79 Å². The summed E-state index contributed by atoms with van der Waals surface area (Å²) >= 11 is 2.08. The van der Waals surface area contributed by atoms with Gasteiger partial charge in [-0.3, -0.25) is 4.79 Å². The number of hydrogen-bond donors (Lipinski definition) is 1. The molecule has 0 atom stereocenters. The van der Waals surface area contributed by atoms with E-state index >= 15 is 0 Å². The Morgan fingerprint density at radius 1 is 1.05 bits per heavy atom. The fraction of sp³-hybridized carbons (Fsp3) is 0.412. The molecule has 0 amide bonds. The minimum Gasteiger partial charge on any atom is -0.309 e. The Morgan fingerprint density at radius 3 is 2.14 bits per heavy atom. The summed E-state index contributed by atoms with van der Waals surface area (Å²) in [6.07, 6.45) is 0. The number of nitrogens with zero attached hydrogens (tertiary/aromatic N) is 1. The zero-order chi connectivity index (χ0) is 15.8. The van der Waals surface area contributed by atoms with Crippen molar-refractivity contribution in [2.24, 2.45) is 0 Å². The topological polar surface area (TPSA) is 45.8 Å². The van der Waals surface area contributed by atoms with Crippen LogP contribution in [-0.4, -0.2) is 9.97 Å². The molecule has 0 spiro atoms. The van der Waals surface area contributed by atoms with Crippen molar-refractivity contribution in [1.29, 1.82) is 0 Å². The lowest BCUT2D eigenvalue weighted by atomic mass is 9.83. The van der Waals surface area contributed by atoms with Crippen LogP contribution in [0.15, 0.2) is 35.1 Å². The molecule has 1 aromatic carbocycles. The smallest absolute Gasteiger partial charge is 0.264 e. The van der Waals surface area contributed by atoms with Crippen LogP contribution in [0.5, 0.6) is 0 Å². The molecule has 0 saturated heterocycles. The second-order valence-electron chi connectivity index (χ2n) is 6.82. The Kier molecular flexibility index (Phi) is 4.29. The van der Waals surface area contributed by atoms with E-state index in [0.29, 0.717) is 9.39 Å². The maximum atomic E-state index is 12.3. The van der Waals surface area contributed by atoms with Gasteiger partial charge in [-0.25, -0.2) is 4.98 Å². The number of benzene rings is 1. The van der Waals surface area contributed by atoms with Gasteiger partial charge >= 0.3 is 0 Å². The van der Waals surface area contributed by atoms with Gasteiger partial charge in [0.1, 0.15) is 9.39 Å². The lowest BCUT2D eigenvalue weighted by Gasteiger charge is -2.27. The molecular formula is C17H21IN2O. The third-order valence-electron chi connectivity index (χ3n) is 3.66. The Morgan fingerprint density at radius 2 is 1.62 bits per heavy atom. The van der Waals surface area contributed by atoms with Crippen LogP contribution in [-0.2, 0) is 10.8 Å². The largest absolute Gasteiger partial charge is 0.309 e. The van der Waals surface area contributed by atoms with Gasteiger partial charge in [0.2, 0.25) is 0 Å². The quantitative estimate of drug-likeness (QED) is 0.781. The Balaban J connectivity index is 2.65. The molecule has 1 heterocycles. The van der Waals surface area contributed by atoms with Crippen molar-refractivity contribution in [3.8, 4) is 0 Å². The molecule has 4 heteroatoms. The molecule has 0 aliphatic carbocycles. The minimum atomic E-state index is -0.342. The third kappa shape index (κ3) is 3.20. The van der Waals surface area contributed by atoms with Crippen LogP contribution in [0.2, 0.25) is 0 Å². The number of hydrogen-bond acceptors (Lipinski definition) is 2. The highest BCUT2D eigenvalue weighted by atomic mass is 127. The summed E-state index contributed by atoms with van der Waals surface area (Å²) in [6, 6.07) is 10.1. The minimum absolute atomic E-state index is 0.0606. The first-order chi connectivity index (χ1) is 9.64. The normalized spacial score (nSPS) is 12.5. The lowest BCUT2D eigenvalue weighted by molar-refractivity contribution is 0.527. The zero-order valence-corrected chi connectivity index (χ0v) is 15.3. The van der Waals surface area contributed by atoms with Gasteiger partial charge in [-0.15, -0.1) is 0 Å². The van der Waals surface area contributed by atoms with E-state index in [1.165, 1.54) is 0 Å². The number of rotatable bonds is 2. The van der Waals surface area contributed by atoms with E-state index < -0.39 is 0 Å². The van der Waals surface area contributed by atoms with Gasteiger partial charge in [0.25, 0.3) is 5.56 Å². The lowest BCUT2D eigenvalue weighted by Crippen LogP contribution is -2.31. The van der Waals surface area contributed by atoms with Crippen molar-refractivity contribution in [2.45, 2.75) is 45.4 Å². The van der Waals surface area contributed by atoms with Crippen LogP contribution in [0.4, 0.5) is 0 Å². The molecule has 0 unspecified atom stereocenters. The fourth-order valence-corrected chi connectivity index (χ4v) is 3.31. The van der Waals surface area contributed by atoms with Gasteiger partial charge in [-0.05, 0) is 42.0 Å². The van der Waals surface area contributed by atoms with Crippen molar-refractivity contribution in [1.82, 2.24) is 9.97 Å². The van der Waals surface area contributed by atoms with Crippen LogP contribution >= 0.6 is 22.6 Å². The van der Waals surface area contributed by atoms with Crippen LogP contribution in [0.25, 0.3) is 0 Å². The summed E-state index contributed by atoms with van der Waals surface area (Å²) in [7, 11) is 0. The number of nitrogens with one attached hydrogen (secondary N) is 1. The van der Waals surface area contributed by atoms with E-state index in [0.717, 1.165) is 11.3 Å². The number of aromatic amines is 1. The standard InChI is InChI=1S/C17H21IN2O/c1-16(2,3)13-12(18)14(21)20-15(19-13)17(4,5)11-9-7-6-8-10-11/h6-10H,1-5H3,(H,19,20,21). The van der Waals surface area contributed by atoms with Crippen LogP contribution in [0.3, 0.4) is 0 Å². The Labute approximate surface area is 139 Å². The molecule has 0 bridgehead atoms. The highest BCUT2D eigenvalue weighted by Crippen LogP contribution is 2.30. The van der Waals surface area contributed by atoms with Gasteiger partial charge in [-0.1, -0.05) is 51.1 Å². The SMILES string of the molecule is CC(C)(C)c1nc(C(C)(C)c2ccccc2)[nH]c(=O)c1I. The van der Waals surface area contributed by atoms with E-state index in [1.54, 1.807) is 0 Å². The summed E-state index contributed by atoms with van der Waals surface area (Å²) in [5, 5.41) is 0. The molecule has 2 aromatic rings. The second-order valence-corrected chi connectivity index (χ2v) is 7.90. The number of H-pyrrole nitrogens is 1. The predicted molar refractivity (Wildman–Crippen MR) is 94.8 cm³/mol. The molecule has 112 valence electrons. The number of halogens is 1. The molecule has 21 heavy (non-hydrogen) atoms. The van der Waals surface area contributed by atoms with Gasteiger partial charge < -0.3 is 4.98 Å². The summed E-state index contributed by atoms with van der Waals surface area (Å²) < 4.78 is 0.674. The van der Waals surface area contributed by atoms with Crippen molar-refractivity contribution in [3.63, 3.8) is 0 Å². The molecule has 0 saturated carbocycles. The maximum Gasteiger partial charge on any atom is 0.264 e. The maximum absolute atomic E-state index is 12.3. The summed E-state index contributed by atoms with van der Waals surface area (Å²) in [5.41, 5.74) is 1.42. The van der Waals surface area contributed by atoms with Crippen molar-refractivity contribution in [3.05, 3.63) is 61.3 Å². The van der Waals surface area contributed by atoms with Crippen molar-refractivity contribution < 1.29 is 0 Å². The first kappa shape index (κ1) is 16.2. The van der Waals surface area contributed by atoms with Crippen molar-refractivity contribution >= 4 is 22.6 Å². The van der Waals surface area contributed by atoms with Gasteiger partial charge in [-0.2, -0.15) is 0 Å². The highest BCUT2D eigenvalue weighted by Gasteiger charge is 2.29. The third-order valence-corrected chi connectivity index (χ3v) is 4.66. The van der Waals surface area contributed by atoms with Gasteiger partial charge in [0, 0.05) is 10.8 Å². The first-order valence-electron chi connectivity index (χ1n) is 7.00. The summed E-state index contributed by atoms with van der Waals surface area (Å²) in [4.78, 5) is 20.0. The second kappa shape index (κ2) is 5.55. The van der Waals surface area contributed by atoms with Gasteiger partial charge in [0.15, 0.2) is 0 Å². The Bertz CT molecular complexity index is 697. The van der Waals surface area contributed by atoms with Crippen LogP contribution in [0, 0.1) is 3.57 Å². The molecule has 3 nitrogen and oxygen atoms in total. The molecular weight excluding hydrogens is 375 g/mol. The van der Waals surface area contributed by atoms with E-state index in [2.05, 4.69) is 74.3 Å². The molecule has 1 N–H and O–H groups in total. The summed E-state index contributed by atoms with van der Waals surface area (Å²) in [6.45, 7) is 10.4. The molecule has 0 aliphatic rings. The first-order valence-corrected chi connectivity index (χ1v) is 8.08. The van der Waals surface area contributed by atoms with Crippen LogP contribution in [0.1, 0.15) is 51.7 Å². The molecule has 1 aromatic heterocycles. The Hall–Kier alpha value is -1.17. The van der Waals surface area contributed by atoms with E-state index in [-0.39, 0.29) is 16.4 Å². The highest BCUT2D eigenvalue weighted by molar-refractivity contribution is 14.1. The van der Waals surface area contributed by atoms with Gasteiger partial charge in [0.05, 0.1) is 5.69 Å². The summed E-state index contributed by atoms with van der Waals surface area (Å²) in [5.74, 6) is 0.712. The zero-order valence-electron chi connectivity index (χ0n) is 13.1. The van der Waals surface area contributed by atoms with E-state index in [1.807, 2.05) is 18.2 Å². The average molecular weight is 396 g/mol. The molecule has 0 radical (unpaired) electrons. The monoisotopic (exact) mass is 396 g/mol. The van der Waals surface area contributed by atoms with Crippen molar-refractivity contribution in [2.75, 3.05) is 0 Å². The van der Waals surface area contributed by atoms with E-state index in [4.69, 9.17) is 4.98 Å². The molecule has 0 aliphatic heterocycles. The molecule has 0 fully saturated rings. The fourth-order valence-electron chi connectivity index (χ4n) is 2.24. The number of aromatic nitrogens is 2. The average Bonchev–Trinajstić information content (AvgIpc) is 2.41. The molecule has 2 rings (SSSR count).